The number of amides is 2. The molecule has 5 heteroatoms. The Morgan fingerprint density at radius 3 is 2.76 bits per heavy atom. The van der Waals surface area contributed by atoms with E-state index in [1.54, 1.807) is 11.3 Å². The van der Waals surface area contributed by atoms with Crippen molar-refractivity contribution in [2.45, 2.75) is 45.4 Å². The number of urea groups is 1. The number of hydrogen-bond donors (Lipinski definition) is 1. The summed E-state index contributed by atoms with van der Waals surface area (Å²) in [4.78, 5) is 18.8. The maximum atomic E-state index is 12.2. The lowest BCUT2D eigenvalue weighted by Crippen LogP contribution is -2.39. The Balaban J connectivity index is 1.41. The van der Waals surface area contributed by atoms with Crippen LogP contribution >= 0.6 is 11.3 Å². The van der Waals surface area contributed by atoms with E-state index in [-0.39, 0.29) is 6.03 Å². The molecule has 1 aliphatic carbocycles. The molecule has 3 rings (SSSR count). The van der Waals surface area contributed by atoms with E-state index >= 15 is 0 Å². The number of thiazole rings is 1. The molecule has 2 fully saturated rings. The fourth-order valence-electron chi connectivity index (χ4n) is 3.51. The van der Waals surface area contributed by atoms with Gasteiger partial charge in [-0.15, -0.1) is 11.3 Å². The molecule has 1 aliphatic heterocycles. The standard InChI is InChI=1S/C16H25N3OS/c1-11(2)15-18-14(10-21-15)6-7-17-16(20)19-8-12-4-3-5-13(12)9-19/h10-13H,3-9H2,1-2H3,(H,17,20)/t12-,13+. The lowest BCUT2D eigenvalue weighted by molar-refractivity contribution is 0.205. The minimum Gasteiger partial charge on any atom is -0.338 e. The number of nitrogens with zero attached hydrogens (tertiary/aromatic N) is 2. The minimum absolute atomic E-state index is 0.115. The van der Waals surface area contributed by atoms with Gasteiger partial charge >= 0.3 is 6.03 Å². The van der Waals surface area contributed by atoms with Crippen molar-refractivity contribution in [1.29, 1.82) is 0 Å². The molecule has 1 saturated carbocycles. The number of aromatic nitrogens is 1. The second kappa shape index (κ2) is 6.34. The first-order valence-electron chi connectivity index (χ1n) is 8.10. The van der Waals surface area contributed by atoms with Crippen LogP contribution in [0.15, 0.2) is 5.38 Å². The highest BCUT2D eigenvalue weighted by Gasteiger charge is 2.37. The average Bonchev–Trinajstić information content (AvgIpc) is 3.13. The number of carbonyl (C=O) groups excluding carboxylic acids is 1. The summed E-state index contributed by atoms with van der Waals surface area (Å²) in [7, 11) is 0. The van der Waals surface area contributed by atoms with Gasteiger partial charge in [-0.3, -0.25) is 0 Å². The molecule has 2 aliphatic rings. The number of fused-ring (bicyclic) bond motifs is 1. The first kappa shape index (κ1) is 14.8. The molecule has 2 heterocycles. The lowest BCUT2D eigenvalue weighted by atomic mass is 10.0. The first-order valence-corrected chi connectivity index (χ1v) is 8.98. The lowest BCUT2D eigenvalue weighted by Gasteiger charge is -2.17. The highest BCUT2D eigenvalue weighted by molar-refractivity contribution is 7.09. The van der Waals surface area contributed by atoms with Gasteiger partial charge in [0.1, 0.15) is 0 Å². The van der Waals surface area contributed by atoms with Gasteiger partial charge in [-0.05, 0) is 24.7 Å². The third-order valence-electron chi connectivity index (χ3n) is 4.73. The Hall–Kier alpha value is -1.10. The molecule has 0 unspecified atom stereocenters. The topological polar surface area (TPSA) is 45.2 Å². The van der Waals surface area contributed by atoms with Crippen LogP contribution in [0, 0.1) is 11.8 Å². The van der Waals surface area contributed by atoms with Crippen molar-refractivity contribution in [1.82, 2.24) is 15.2 Å². The monoisotopic (exact) mass is 307 g/mol. The fraction of sp³-hybridized carbons (Fsp3) is 0.750. The van der Waals surface area contributed by atoms with Crippen LogP contribution in [0.1, 0.15) is 49.7 Å². The van der Waals surface area contributed by atoms with Crippen molar-refractivity contribution < 1.29 is 4.79 Å². The van der Waals surface area contributed by atoms with Gasteiger partial charge in [-0.2, -0.15) is 0 Å². The third kappa shape index (κ3) is 3.39. The molecular formula is C16H25N3OS. The SMILES string of the molecule is CC(C)c1nc(CCNC(=O)N2C[C@H]3CCC[C@H]3C2)cs1. The number of hydrogen-bond acceptors (Lipinski definition) is 3. The van der Waals surface area contributed by atoms with E-state index in [0.717, 1.165) is 37.0 Å². The Morgan fingerprint density at radius 1 is 1.43 bits per heavy atom. The molecule has 1 aromatic rings. The molecule has 116 valence electrons. The zero-order valence-corrected chi connectivity index (χ0v) is 13.8. The van der Waals surface area contributed by atoms with Crippen molar-refractivity contribution >= 4 is 17.4 Å². The second-order valence-electron chi connectivity index (χ2n) is 6.67. The van der Waals surface area contributed by atoms with E-state index in [1.807, 2.05) is 4.90 Å². The molecule has 1 saturated heterocycles. The van der Waals surface area contributed by atoms with Crippen LogP contribution in [0.3, 0.4) is 0 Å². The summed E-state index contributed by atoms with van der Waals surface area (Å²) >= 11 is 1.72. The van der Waals surface area contributed by atoms with Crippen LogP contribution in [0.2, 0.25) is 0 Å². The number of carbonyl (C=O) groups is 1. The molecule has 2 amide bonds. The minimum atomic E-state index is 0.115. The quantitative estimate of drug-likeness (QED) is 0.928. The summed E-state index contributed by atoms with van der Waals surface area (Å²) in [5.74, 6) is 2.02. The molecule has 0 radical (unpaired) electrons. The van der Waals surface area contributed by atoms with E-state index < -0.39 is 0 Å². The number of rotatable bonds is 4. The van der Waals surface area contributed by atoms with Crippen LogP contribution in [-0.2, 0) is 6.42 Å². The Bertz CT molecular complexity index is 487. The fourth-order valence-corrected chi connectivity index (χ4v) is 4.38. The van der Waals surface area contributed by atoms with Crippen LogP contribution in [0.5, 0.6) is 0 Å². The Kier molecular flexibility index (Phi) is 4.48. The van der Waals surface area contributed by atoms with Crippen LogP contribution in [0.4, 0.5) is 4.79 Å². The Morgan fingerprint density at radius 2 is 2.14 bits per heavy atom. The summed E-state index contributed by atoms with van der Waals surface area (Å²) in [5.41, 5.74) is 1.10. The molecule has 0 aromatic carbocycles. The molecular weight excluding hydrogens is 282 g/mol. The van der Waals surface area contributed by atoms with Crippen molar-refractivity contribution in [3.8, 4) is 0 Å². The largest absolute Gasteiger partial charge is 0.338 e. The molecule has 0 bridgehead atoms. The van der Waals surface area contributed by atoms with Gasteiger partial charge in [0.2, 0.25) is 0 Å². The zero-order chi connectivity index (χ0) is 14.8. The third-order valence-corrected chi connectivity index (χ3v) is 5.93. The number of nitrogens with one attached hydrogen (secondary N) is 1. The summed E-state index contributed by atoms with van der Waals surface area (Å²) < 4.78 is 0. The van der Waals surface area contributed by atoms with Crippen LogP contribution < -0.4 is 5.32 Å². The predicted molar refractivity (Wildman–Crippen MR) is 85.7 cm³/mol. The van der Waals surface area contributed by atoms with E-state index in [2.05, 4.69) is 29.5 Å². The first-order chi connectivity index (χ1) is 10.1. The van der Waals surface area contributed by atoms with Gasteiger partial charge in [0.05, 0.1) is 10.7 Å². The number of likely N-dealkylation sites (tertiary alicyclic amines) is 1. The van der Waals surface area contributed by atoms with Gasteiger partial charge < -0.3 is 10.2 Å². The van der Waals surface area contributed by atoms with Gasteiger partial charge in [0.15, 0.2) is 0 Å². The molecule has 21 heavy (non-hydrogen) atoms. The Labute approximate surface area is 130 Å². The van der Waals surface area contributed by atoms with Crippen LogP contribution in [0.25, 0.3) is 0 Å². The van der Waals surface area contributed by atoms with E-state index in [9.17, 15) is 4.79 Å². The summed E-state index contributed by atoms with van der Waals surface area (Å²) in [6.45, 7) is 6.94. The van der Waals surface area contributed by atoms with Gasteiger partial charge in [0, 0.05) is 37.4 Å². The summed E-state index contributed by atoms with van der Waals surface area (Å²) in [5, 5.41) is 6.35. The van der Waals surface area contributed by atoms with E-state index in [4.69, 9.17) is 0 Å². The van der Waals surface area contributed by atoms with Gasteiger partial charge in [0.25, 0.3) is 0 Å². The average molecular weight is 307 g/mol. The van der Waals surface area contributed by atoms with Crippen molar-refractivity contribution in [2.24, 2.45) is 11.8 Å². The summed E-state index contributed by atoms with van der Waals surface area (Å²) in [6, 6.07) is 0.115. The van der Waals surface area contributed by atoms with Crippen molar-refractivity contribution in [2.75, 3.05) is 19.6 Å². The second-order valence-corrected chi connectivity index (χ2v) is 7.56. The van der Waals surface area contributed by atoms with Crippen molar-refractivity contribution in [3.63, 3.8) is 0 Å². The van der Waals surface area contributed by atoms with Crippen molar-refractivity contribution in [3.05, 3.63) is 16.1 Å². The molecule has 4 nitrogen and oxygen atoms in total. The maximum absolute atomic E-state index is 12.2. The van der Waals surface area contributed by atoms with E-state index in [0.29, 0.717) is 12.5 Å². The molecule has 1 N–H and O–H groups in total. The predicted octanol–water partition coefficient (Wildman–Crippen LogP) is 3.25. The molecule has 2 atom stereocenters. The normalized spacial score (nSPS) is 24.6. The van der Waals surface area contributed by atoms with Gasteiger partial charge in [-0.25, -0.2) is 9.78 Å². The highest BCUT2D eigenvalue weighted by Crippen LogP contribution is 2.37. The van der Waals surface area contributed by atoms with E-state index in [1.165, 1.54) is 24.3 Å². The highest BCUT2D eigenvalue weighted by atomic mass is 32.1. The molecule has 1 aromatic heterocycles. The smallest absolute Gasteiger partial charge is 0.317 e. The van der Waals surface area contributed by atoms with Crippen LogP contribution in [-0.4, -0.2) is 35.5 Å². The molecule has 0 spiro atoms. The van der Waals surface area contributed by atoms with Gasteiger partial charge in [-0.1, -0.05) is 20.3 Å². The zero-order valence-electron chi connectivity index (χ0n) is 13.0. The summed E-state index contributed by atoms with van der Waals surface area (Å²) in [6.07, 6.45) is 4.80. The maximum Gasteiger partial charge on any atom is 0.317 e.